The smallest absolute Gasteiger partial charge is 0.253 e. The number of hydrogen-bond donors (Lipinski definition) is 1. The molecule has 9 heteroatoms. The number of hydrogen-bond acceptors (Lipinski definition) is 5. The zero-order valence-corrected chi connectivity index (χ0v) is 23.5. The molecule has 8 nitrogen and oxygen atoms in total. The molecule has 3 aliphatic rings. The fourth-order valence-electron chi connectivity index (χ4n) is 5.76. The van der Waals surface area contributed by atoms with Crippen LogP contribution < -0.4 is 5.32 Å². The number of amides is 2. The van der Waals surface area contributed by atoms with Gasteiger partial charge in [-0.15, -0.1) is 0 Å². The van der Waals surface area contributed by atoms with Crippen LogP contribution in [0.1, 0.15) is 74.6 Å². The second-order valence-electron chi connectivity index (χ2n) is 11.2. The van der Waals surface area contributed by atoms with E-state index < -0.39 is 15.6 Å². The summed E-state index contributed by atoms with van der Waals surface area (Å²) in [6.45, 7) is 8.74. The highest BCUT2D eigenvalue weighted by Gasteiger charge is 2.48. The maximum Gasteiger partial charge on any atom is 0.253 e. The van der Waals surface area contributed by atoms with E-state index >= 15 is 0 Å². The maximum absolute atomic E-state index is 13.2. The van der Waals surface area contributed by atoms with Crippen LogP contribution in [0.3, 0.4) is 0 Å². The summed E-state index contributed by atoms with van der Waals surface area (Å²) in [4.78, 5) is 31.0. The van der Waals surface area contributed by atoms with Crippen LogP contribution in [0.25, 0.3) is 6.08 Å². The first kappa shape index (κ1) is 27.5. The lowest BCUT2D eigenvalue weighted by molar-refractivity contribution is -0.128. The number of amidine groups is 1. The molecule has 37 heavy (non-hydrogen) atoms. The number of aliphatic imine (C=N–C) groups is 1. The van der Waals surface area contributed by atoms with E-state index in [0.717, 1.165) is 59.7 Å². The van der Waals surface area contributed by atoms with Crippen molar-refractivity contribution in [2.24, 2.45) is 16.8 Å². The van der Waals surface area contributed by atoms with Crippen molar-refractivity contribution in [1.82, 2.24) is 14.5 Å². The first-order valence-corrected chi connectivity index (χ1v) is 14.8. The second-order valence-corrected chi connectivity index (χ2v) is 13.0. The Hall–Kier alpha value is -2.52. The van der Waals surface area contributed by atoms with Crippen molar-refractivity contribution in [2.45, 2.75) is 78.3 Å². The van der Waals surface area contributed by atoms with E-state index in [1.165, 1.54) is 16.6 Å². The average molecular weight is 529 g/mol. The van der Waals surface area contributed by atoms with Gasteiger partial charge in [0.05, 0.1) is 0 Å². The third-order valence-corrected chi connectivity index (χ3v) is 9.89. The predicted molar refractivity (Wildman–Crippen MR) is 146 cm³/mol. The van der Waals surface area contributed by atoms with E-state index in [2.05, 4.69) is 12.2 Å². The molecule has 1 aromatic rings. The van der Waals surface area contributed by atoms with Crippen LogP contribution in [-0.2, 0) is 26.2 Å². The fraction of sp³-hybridized carbons (Fsp3) is 0.607. The minimum Gasteiger partial charge on any atom is -0.342 e. The lowest BCUT2D eigenvalue weighted by Crippen LogP contribution is -2.50. The molecule has 1 N–H and O–H groups in total. The average Bonchev–Trinajstić information content (AvgIpc) is 3.14. The molecule has 0 aromatic heterocycles. The molecule has 0 radical (unpaired) electrons. The second kappa shape index (κ2) is 10.7. The number of aryl methyl sites for hydroxylation is 2. The lowest BCUT2D eigenvalue weighted by Gasteiger charge is -2.34. The van der Waals surface area contributed by atoms with Crippen LogP contribution in [0.2, 0.25) is 0 Å². The third kappa shape index (κ3) is 5.98. The van der Waals surface area contributed by atoms with E-state index in [0.29, 0.717) is 25.3 Å². The van der Waals surface area contributed by atoms with Gasteiger partial charge in [0.15, 0.2) is 0 Å². The van der Waals surface area contributed by atoms with Gasteiger partial charge < -0.3 is 10.2 Å². The summed E-state index contributed by atoms with van der Waals surface area (Å²) in [6, 6.07) is 3.98. The first-order chi connectivity index (χ1) is 17.4. The summed E-state index contributed by atoms with van der Waals surface area (Å²) in [6.07, 6.45) is 6.86. The monoisotopic (exact) mass is 528 g/mol. The molecule has 1 saturated carbocycles. The van der Waals surface area contributed by atoms with Gasteiger partial charge in [-0.25, -0.2) is 8.42 Å². The third-order valence-electron chi connectivity index (χ3n) is 8.33. The zero-order valence-electron chi connectivity index (χ0n) is 22.7. The van der Waals surface area contributed by atoms with Gasteiger partial charge in [0, 0.05) is 44.9 Å². The molecule has 1 aliphatic carbocycles. The van der Waals surface area contributed by atoms with Gasteiger partial charge in [-0.2, -0.15) is 4.31 Å². The Balaban J connectivity index is 1.42. The number of benzene rings is 1. The predicted octanol–water partition coefficient (Wildman–Crippen LogP) is 3.77. The van der Waals surface area contributed by atoms with Crippen LogP contribution in [0.4, 0.5) is 0 Å². The standard InChI is InChI=1S/C28H40N4O4S/c1-19-6-8-24(9-7-19)26-29-27(34)28(30-26)11-13-32(14-12-28)37(35,36)15-10-25-20(2)16-23(17-21(25)3)18-31(5)22(4)33/h10,15-17,19,24H,6-9,11-14,18H2,1-5H3,(H,29,30,34). The van der Waals surface area contributed by atoms with Crippen LogP contribution in [0, 0.1) is 25.7 Å². The number of sulfonamides is 1. The highest BCUT2D eigenvalue weighted by atomic mass is 32.2. The highest BCUT2D eigenvalue weighted by molar-refractivity contribution is 7.92. The summed E-state index contributed by atoms with van der Waals surface area (Å²) < 4.78 is 27.8. The largest absolute Gasteiger partial charge is 0.342 e. The Morgan fingerprint density at radius 3 is 2.32 bits per heavy atom. The molecule has 1 aromatic carbocycles. The van der Waals surface area contributed by atoms with Gasteiger partial charge in [0.1, 0.15) is 11.4 Å². The SMILES string of the molecule is CC(=O)N(C)Cc1cc(C)c(C=CS(=O)(=O)N2CCC3(CC2)N=C(C2CCC(C)CC2)NC3=O)c(C)c1. The molecule has 0 bridgehead atoms. The Bertz CT molecular complexity index is 1200. The molecule has 1 saturated heterocycles. The van der Waals surface area contributed by atoms with Gasteiger partial charge in [0.2, 0.25) is 15.9 Å². The quantitative estimate of drug-likeness (QED) is 0.608. The van der Waals surface area contributed by atoms with Gasteiger partial charge in [0.25, 0.3) is 5.91 Å². The van der Waals surface area contributed by atoms with Crippen molar-refractivity contribution < 1.29 is 18.0 Å². The molecule has 1 spiro atoms. The molecular formula is C28H40N4O4S. The Morgan fingerprint density at radius 2 is 1.76 bits per heavy atom. The van der Waals surface area contributed by atoms with Crippen molar-refractivity contribution in [1.29, 1.82) is 0 Å². The molecule has 4 rings (SSSR count). The molecular weight excluding hydrogens is 488 g/mol. The van der Waals surface area contributed by atoms with Gasteiger partial charge in [-0.3, -0.25) is 14.6 Å². The number of nitrogens with one attached hydrogen (secondary N) is 1. The summed E-state index contributed by atoms with van der Waals surface area (Å²) in [5.74, 6) is 1.77. The van der Waals surface area contributed by atoms with E-state index in [4.69, 9.17) is 4.99 Å². The van der Waals surface area contributed by atoms with Crippen LogP contribution in [0.15, 0.2) is 22.5 Å². The van der Waals surface area contributed by atoms with E-state index in [9.17, 15) is 18.0 Å². The number of carbonyl (C=O) groups is 2. The summed E-state index contributed by atoms with van der Waals surface area (Å²) in [5, 5.41) is 4.31. The lowest BCUT2D eigenvalue weighted by atomic mass is 9.82. The van der Waals surface area contributed by atoms with Crippen LogP contribution >= 0.6 is 0 Å². The van der Waals surface area contributed by atoms with E-state index in [1.807, 2.05) is 26.0 Å². The minimum absolute atomic E-state index is 0.00527. The topological polar surface area (TPSA) is 99.2 Å². The van der Waals surface area contributed by atoms with Gasteiger partial charge in [-0.05, 0) is 73.8 Å². The number of nitrogens with zero attached hydrogens (tertiary/aromatic N) is 3. The normalized spacial score (nSPS) is 24.4. The summed E-state index contributed by atoms with van der Waals surface area (Å²) in [5.41, 5.74) is 2.95. The Morgan fingerprint density at radius 1 is 1.16 bits per heavy atom. The summed E-state index contributed by atoms with van der Waals surface area (Å²) in [7, 11) is -1.88. The number of rotatable bonds is 6. The molecule has 2 amide bonds. The van der Waals surface area contributed by atoms with Gasteiger partial charge >= 0.3 is 0 Å². The molecule has 0 unspecified atom stereocenters. The summed E-state index contributed by atoms with van der Waals surface area (Å²) >= 11 is 0. The van der Waals surface area contributed by atoms with Crippen molar-refractivity contribution in [3.05, 3.63) is 39.8 Å². The van der Waals surface area contributed by atoms with Crippen molar-refractivity contribution in [3.63, 3.8) is 0 Å². The number of carbonyl (C=O) groups excluding carboxylic acids is 2. The van der Waals surface area contributed by atoms with Gasteiger partial charge in [-0.1, -0.05) is 31.9 Å². The van der Waals surface area contributed by atoms with E-state index in [-0.39, 0.29) is 24.9 Å². The van der Waals surface area contributed by atoms with Crippen molar-refractivity contribution >= 4 is 33.7 Å². The van der Waals surface area contributed by atoms with Crippen LogP contribution in [0.5, 0.6) is 0 Å². The molecule has 2 aliphatic heterocycles. The Kier molecular flexibility index (Phi) is 7.95. The Labute approximate surface area is 221 Å². The fourth-order valence-corrected chi connectivity index (χ4v) is 6.93. The van der Waals surface area contributed by atoms with Crippen LogP contribution in [-0.4, -0.2) is 60.9 Å². The zero-order chi connectivity index (χ0) is 27.0. The first-order valence-electron chi connectivity index (χ1n) is 13.3. The molecule has 202 valence electrons. The van der Waals surface area contributed by atoms with Crippen molar-refractivity contribution in [3.8, 4) is 0 Å². The minimum atomic E-state index is -3.64. The van der Waals surface area contributed by atoms with E-state index in [1.54, 1.807) is 18.0 Å². The molecule has 0 atom stereocenters. The highest BCUT2D eigenvalue weighted by Crippen LogP contribution is 2.36. The molecule has 2 fully saturated rings. The number of piperidine rings is 1. The van der Waals surface area contributed by atoms with Crippen molar-refractivity contribution in [2.75, 3.05) is 20.1 Å². The molecule has 2 heterocycles. The maximum atomic E-state index is 13.2.